The fourth-order valence-electron chi connectivity index (χ4n) is 2.57. The Balaban J connectivity index is 2.15. The van der Waals surface area contributed by atoms with Gasteiger partial charge in [0.25, 0.3) is 5.69 Å². The molecule has 1 aliphatic rings. The maximum atomic E-state index is 11.0. The van der Waals surface area contributed by atoms with Crippen LogP contribution in [-0.2, 0) is 4.74 Å². The van der Waals surface area contributed by atoms with E-state index in [1.807, 2.05) is 10.7 Å². The van der Waals surface area contributed by atoms with Gasteiger partial charge in [-0.25, -0.2) is 4.68 Å². The Morgan fingerprint density at radius 3 is 2.95 bits per heavy atom. The van der Waals surface area contributed by atoms with E-state index in [-0.39, 0.29) is 16.8 Å². The van der Waals surface area contributed by atoms with Crippen molar-refractivity contribution in [2.45, 2.75) is 32.4 Å². The van der Waals surface area contributed by atoms with Crippen LogP contribution in [0.2, 0.25) is 0 Å². The molecule has 7 heteroatoms. The van der Waals surface area contributed by atoms with E-state index in [2.05, 4.69) is 27.7 Å². The van der Waals surface area contributed by atoms with Crippen molar-refractivity contribution >= 4 is 39.2 Å². The summed E-state index contributed by atoms with van der Waals surface area (Å²) in [5, 5.41) is 16.4. The molecular formula is C13H14IN3O3. The molecule has 0 N–H and O–H groups in total. The topological polar surface area (TPSA) is 70.2 Å². The summed E-state index contributed by atoms with van der Waals surface area (Å²) >= 11 is 2.12. The van der Waals surface area contributed by atoms with Gasteiger partial charge in [0.2, 0.25) is 0 Å². The predicted molar refractivity (Wildman–Crippen MR) is 82.7 cm³/mol. The fourth-order valence-corrected chi connectivity index (χ4v) is 3.24. The second kappa shape index (κ2) is 5.28. The van der Waals surface area contributed by atoms with Gasteiger partial charge in [0.15, 0.2) is 6.23 Å². The molecule has 1 aliphatic heterocycles. The zero-order valence-corrected chi connectivity index (χ0v) is 13.2. The van der Waals surface area contributed by atoms with Gasteiger partial charge in [-0.3, -0.25) is 10.1 Å². The molecule has 0 bridgehead atoms. The van der Waals surface area contributed by atoms with Crippen LogP contribution < -0.4 is 0 Å². The number of aromatic nitrogens is 2. The summed E-state index contributed by atoms with van der Waals surface area (Å²) in [5.74, 6) is 0. The van der Waals surface area contributed by atoms with Crippen molar-refractivity contribution in [3.05, 3.63) is 31.5 Å². The summed E-state index contributed by atoms with van der Waals surface area (Å²) in [5.41, 5.74) is 1.69. The first kappa shape index (κ1) is 13.7. The number of nitro groups is 1. The minimum atomic E-state index is -0.348. The number of halogens is 1. The van der Waals surface area contributed by atoms with Gasteiger partial charge < -0.3 is 4.74 Å². The molecule has 2 aromatic rings. The molecule has 1 saturated heterocycles. The van der Waals surface area contributed by atoms with Crippen LogP contribution in [0.5, 0.6) is 0 Å². The van der Waals surface area contributed by atoms with Crippen molar-refractivity contribution in [1.82, 2.24) is 9.78 Å². The van der Waals surface area contributed by atoms with Gasteiger partial charge in [-0.1, -0.05) is 0 Å². The van der Waals surface area contributed by atoms with Crippen LogP contribution in [0.15, 0.2) is 12.1 Å². The second-order valence-corrected chi connectivity index (χ2v) is 5.99. The molecule has 0 saturated carbocycles. The highest BCUT2D eigenvalue weighted by molar-refractivity contribution is 14.1. The number of ether oxygens (including phenoxy) is 1. The third kappa shape index (κ3) is 2.28. The van der Waals surface area contributed by atoms with E-state index in [9.17, 15) is 10.1 Å². The van der Waals surface area contributed by atoms with E-state index in [0.717, 1.165) is 40.5 Å². The Kier molecular flexibility index (Phi) is 3.63. The molecule has 0 spiro atoms. The molecule has 0 amide bonds. The van der Waals surface area contributed by atoms with Crippen molar-refractivity contribution in [2.24, 2.45) is 0 Å². The third-order valence-corrected chi connectivity index (χ3v) is 4.40. The average molecular weight is 387 g/mol. The summed E-state index contributed by atoms with van der Waals surface area (Å²) in [7, 11) is 0. The highest BCUT2D eigenvalue weighted by atomic mass is 127. The van der Waals surface area contributed by atoms with E-state index in [1.54, 1.807) is 13.0 Å². The molecule has 0 radical (unpaired) electrons. The standard InChI is InChI=1S/C13H14IN3O3/c1-8-6-11-9(7-10(8)17(18)19)13(14)15-16(11)12-4-2-3-5-20-12/h6-7,12H,2-5H2,1H3. The van der Waals surface area contributed by atoms with E-state index < -0.39 is 0 Å². The monoisotopic (exact) mass is 387 g/mol. The summed E-state index contributed by atoms with van der Waals surface area (Å²) in [6.07, 6.45) is 3.07. The van der Waals surface area contributed by atoms with Gasteiger partial charge in [-0.2, -0.15) is 5.10 Å². The molecule has 1 aromatic carbocycles. The summed E-state index contributed by atoms with van der Waals surface area (Å²) in [6, 6.07) is 3.44. The maximum absolute atomic E-state index is 11.0. The highest BCUT2D eigenvalue weighted by Crippen LogP contribution is 2.32. The van der Waals surface area contributed by atoms with Crippen molar-refractivity contribution in [1.29, 1.82) is 0 Å². The normalized spacial score (nSPS) is 19.4. The number of hydrogen-bond donors (Lipinski definition) is 0. The van der Waals surface area contributed by atoms with Crippen molar-refractivity contribution < 1.29 is 9.66 Å². The molecule has 6 nitrogen and oxygen atoms in total. The van der Waals surface area contributed by atoms with Gasteiger partial charge in [0.1, 0.15) is 3.70 Å². The first-order valence-electron chi connectivity index (χ1n) is 6.52. The lowest BCUT2D eigenvalue weighted by Gasteiger charge is -2.23. The number of rotatable bonds is 2. The van der Waals surface area contributed by atoms with E-state index in [4.69, 9.17) is 4.74 Å². The van der Waals surface area contributed by atoms with Gasteiger partial charge in [-0.15, -0.1) is 0 Å². The number of nitrogens with zero attached hydrogens (tertiary/aromatic N) is 3. The Morgan fingerprint density at radius 2 is 2.30 bits per heavy atom. The fraction of sp³-hybridized carbons (Fsp3) is 0.462. The molecule has 1 aromatic heterocycles. The number of nitro benzene ring substituents is 1. The Hall–Kier alpha value is -1.22. The van der Waals surface area contributed by atoms with Crippen molar-refractivity contribution in [3.63, 3.8) is 0 Å². The zero-order valence-electron chi connectivity index (χ0n) is 11.0. The van der Waals surface area contributed by atoms with Crippen LogP contribution in [0.3, 0.4) is 0 Å². The number of aryl methyl sites for hydroxylation is 1. The quantitative estimate of drug-likeness (QED) is 0.449. The van der Waals surface area contributed by atoms with E-state index in [1.165, 1.54) is 0 Å². The lowest BCUT2D eigenvalue weighted by molar-refractivity contribution is -0.385. The summed E-state index contributed by atoms with van der Waals surface area (Å²) in [6.45, 7) is 2.50. The predicted octanol–water partition coefficient (Wildman–Crippen LogP) is 3.56. The Labute approximate surface area is 129 Å². The first-order valence-corrected chi connectivity index (χ1v) is 7.60. The number of hydrogen-bond acceptors (Lipinski definition) is 4. The SMILES string of the molecule is Cc1cc2c(cc1[N+](=O)[O-])c(I)nn2C1CCCCO1. The van der Waals surface area contributed by atoms with E-state index in [0.29, 0.717) is 5.56 Å². The van der Waals surface area contributed by atoms with Crippen LogP contribution in [0, 0.1) is 20.7 Å². The molecule has 2 heterocycles. The summed E-state index contributed by atoms with van der Waals surface area (Å²) < 4.78 is 8.41. The lowest BCUT2D eigenvalue weighted by Crippen LogP contribution is -2.19. The highest BCUT2D eigenvalue weighted by Gasteiger charge is 2.23. The van der Waals surface area contributed by atoms with Gasteiger partial charge in [0, 0.05) is 23.6 Å². The molecule has 1 atom stereocenters. The van der Waals surface area contributed by atoms with Crippen LogP contribution in [0.1, 0.15) is 31.1 Å². The third-order valence-electron chi connectivity index (χ3n) is 3.60. The summed E-state index contributed by atoms with van der Waals surface area (Å²) in [4.78, 5) is 10.7. The lowest BCUT2D eigenvalue weighted by atomic mass is 10.1. The first-order chi connectivity index (χ1) is 9.58. The maximum Gasteiger partial charge on any atom is 0.273 e. The van der Waals surface area contributed by atoms with Crippen molar-refractivity contribution in [3.8, 4) is 0 Å². The largest absolute Gasteiger partial charge is 0.356 e. The van der Waals surface area contributed by atoms with Crippen LogP contribution >= 0.6 is 22.6 Å². The van der Waals surface area contributed by atoms with Gasteiger partial charge >= 0.3 is 0 Å². The van der Waals surface area contributed by atoms with Crippen LogP contribution in [-0.4, -0.2) is 21.3 Å². The van der Waals surface area contributed by atoms with Crippen LogP contribution in [0.4, 0.5) is 5.69 Å². The van der Waals surface area contributed by atoms with E-state index >= 15 is 0 Å². The molecule has 106 valence electrons. The van der Waals surface area contributed by atoms with Crippen molar-refractivity contribution in [2.75, 3.05) is 6.61 Å². The Morgan fingerprint density at radius 1 is 1.50 bits per heavy atom. The minimum Gasteiger partial charge on any atom is -0.356 e. The molecule has 1 unspecified atom stereocenters. The average Bonchev–Trinajstić information content (AvgIpc) is 2.75. The molecule has 20 heavy (non-hydrogen) atoms. The number of fused-ring (bicyclic) bond motifs is 1. The second-order valence-electron chi connectivity index (χ2n) is 4.97. The molecular weight excluding hydrogens is 373 g/mol. The molecule has 1 fully saturated rings. The number of benzene rings is 1. The minimum absolute atomic E-state index is 0.0596. The smallest absolute Gasteiger partial charge is 0.273 e. The molecule has 3 rings (SSSR count). The van der Waals surface area contributed by atoms with Gasteiger partial charge in [-0.05, 0) is 54.8 Å². The molecule has 0 aliphatic carbocycles. The van der Waals surface area contributed by atoms with Gasteiger partial charge in [0.05, 0.1) is 10.4 Å². The zero-order chi connectivity index (χ0) is 14.3. The van der Waals surface area contributed by atoms with Crippen LogP contribution in [0.25, 0.3) is 10.9 Å². The Bertz CT molecular complexity index is 677.